The lowest BCUT2D eigenvalue weighted by Gasteiger charge is -2.16. The highest BCUT2D eigenvalue weighted by atomic mass is 32.2. The van der Waals surface area contributed by atoms with Crippen LogP contribution in [-0.4, -0.2) is 37.7 Å². The molecule has 1 aliphatic heterocycles. The van der Waals surface area contributed by atoms with E-state index in [9.17, 15) is 0 Å². The van der Waals surface area contributed by atoms with E-state index in [1.54, 1.807) is 11.8 Å². The minimum atomic E-state index is 0.246. The summed E-state index contributed by atoms with van der Waals surface area (Å²) in [4.78, 5) is 1.19. The first-order valence-electron chi connectivity index (χ1n) is 7.50. The van der Waals surface area contributed by atoms with E-state index in [0.29, 0.717) is 12.7 Å². The summed E-state index contributed by atoms with van der Waals surface area (Å²) in [5.74, 6) is 0.975. The Morgan fingerprint density at radius 1 is 1.20 bits per heavy atom. The normalized spacial score (nSPS) is 25.9. The van der Waals surface area contributed by atoms with Crippen LogP contribution < -0.4 is 10.1 Å². The van der Waals surface area contributed by atoms with Gasteiger partial charge in [0, 0.05) is 17.5 Å². The summed E-state index contributed by atoms with van der Waals surface area (Å²) in [6, 6.07) is 8.96. The Labute approximate surface area is 125 Å². The summed E-state index contributed by atoms with van der Waals surface area (Å²) >= 11 is 1.72. The highest BCUT2D eigenvalue weighted by molar-refractivity contribution is 7.98. The van der Waals surface area contributed by atoms with Crippen LogP contribution in [0.5, 0.6) is 5.75 Å². The smallest absolute Gasteiger partial charge is 0.132 e. The molecule has 0 amide bonds. The summed E-state index contributed by atoms with van der Waals surface area (Å²) in [5.41, 5.74) is 0. The van der Waals surface area contributed by atoms with Crippen LogP contribution in [-0.2, 0) is 4.74 Å². The minimum Gasteiger partial charge on any atom is -0.490 e. The molecule has 2 aliphatic rings. The quantitative estimate of drug-likeness (QED) is 0.783. The second-order valence-electron chi connectivity index (χ2n) is 5.60. The molecule has 1 aliphatic carbocycles. The van der Waals surface area contributed by atoms with Crippen LogP contribution in [0.3, 0.4) is 0 Å². The van der Waals surface area contributed by atoms with Crippen LogP contribution in [0.25, 0.3) is 0 Å². The molecule has 0 spiro atoms. The van der Waals surface area contributed by atoms with Gasteiger partial charge in [0.25, 0.3) is 0 Å². The topological polar surface area (TPSA) is 30.5 Å². The van der Waals surface area contributed by atoms with E-state index < -0.39 is 0 Å². The molecule has 2 atom stereocenters. The number of benzene rings is 1. The summed E-state index contributed by atoms with van der Waals surface area (Å²) < 4.78 is 12.0. The zero-order chi connectivity index (χ0) is 13.8. The predicted molar refractivity (Wildman–Crippen MR) is 82.6 cm³/mol. The van der Waals surface area contributed by atoms with Gasteiger partial charge in [-0.3, -0.25) is 0 Å². The Morgan fingerprint density at radius 3 is 2.80 bits per heavy atom. The van der Waals surface area contributed by atoms with Crippen LogP contribution >= 0.6 is 11.8 Å². The zero-order valence-corrected chi connectivity index (χ0v) is 12.8. The Bertz CT molecular complexity index is 436. The van der Waals surface area contributed by atoms with Gasteiger partial charge >= 0.3 is 0 Å². The molecule has 110 valence electrons. The van der Waals surface area contributed by atoms with Crippen molar-refractivity contribution in [3.8, 4) is 5.75 Å². The number of nitrogens with one attached hydrogen (secondary N) is 1. The molecular weight excluding hydrogens is 270 g/mol. The molecular formula is C16H23NO2S. The fourth-order valence-corrected chi connectivity index (χ4v) is 3.10. The molecule has 1 saturated carbocycles. The molecule has 1 aromatic carbocycles. The molecule has 1 saturated heterocycles. The maximum Gasteiger partial charge on any atom is 0.132 e. The molecule has 0 bridgehead atoms. The number of hydrogen-bond donors (Lipinski definition) is 1. The standard InChI is InChI=1S/C16H23NO2S/c1-20-16-5-3-2-4-15(16)18-11-14-9-8-13(19-14)10-17-12-6-7-12/h2-5,12-14,17H,6-11H2,1H3. The average Bonchev–Trinajstić information content (AvgIpc) is 3.21. The van der Waals surface area contributed by atoms with E-state index in [1.165, 1.54) is 17.7 Å². The van der Waals surface area contributed by atoms with Crippen LogP contribution in [0.4, 0.5) is 0 Å². The van der Waals surface area contributed by atoms with Crippen molar-refractivity contribution in [3.63, 3.8) is 0 Å². The molecule has 1 aromatic rings. The van der Waals surface area contributed by atoms with Gasteiger partial charge in [0.2, 0.25) is 0 Å². The van der Waals surface area contributed by atoms with Crippen molar-refractivity contribution in [3.05, 3.63) is 24.3 Å². The van der Waals surface area contributed by atoms with Gasteiger partial charge in [-0.1, -0.05) is 12.1 Å². The number of ether oxygens (including phenoxy) is 2. The number of thioether (sulfide) groups is 1. The van der Waals surface area contributed by atoms with Crippen molar-refractivity contribution in [2.45, 2.75) is 48.8 Å². The van der Waals surface area contributed by atoms with Crippen molar-refractivity contribution in [1.82, 2.24) is 5.32 Å². The molecule has 20 heavy (non-hydrogen) atoms. The van der Waals surface area contributed by atoms with Gasteiger partial charge in [-0.25, -0.2) is 0 Å². The van der Waals surface area contributed by atoms with E-state index in [1.807, 2.05) is 18.2 Å². The molecule has 3 rings (SSSR count). The minimum absolute atomic E-state index is 0.246. The fourth-order valence-electron chi connectivity index (χ4n) is 2.56. The number of para-hydroxylation sites is 1. The number of rotatable bonds is 7. The Kier molecular flexibility index (Phi) is 4.86. The van der Waals surface area contributed by atoms with Gasteiger partial charge < -0.3 is 14.8 Å². The molecule has 2 fully saturated rings. The van der Waals surface area contributed by atoms with E-state index in [4.69, 9.17) is 9.47 Å². The third-order valence-electron chi connectivity index (χ3n) is 3.90. The first kappa shape index (κ1) is 14.2. The lowest BCUT2D eigenvalue weighted by molar-refractivity contribution is 0.0179. The van der Waals surface area contributed by atoms with Crippen molar-refractivity contribution < 1.29 is 9.47 Å². The highest BCUT2D eigenvalue weighted by Crippen LogP contribution is 2.28. The Morgan fingerprint density at radius 2 is 2.00 bits per heavy atom. The lowest BCUT2D eigenvalue weighted by Crippen LogP contribution is -2.29. The highest BCUT2D eigenvalue weighted by Gasteiger charge is 2.28. The van der Waals surface area contributed by atoms with Crippen molar-refractivity contribution in [1.29, 1.82) is 0 Å². The first-order valence-corrected chi connectivity index (χ1v) is 8.72. The fraction of sp³-hybridized carbons (Fsp3) is 0.625. The van der Waals surface area contributed by atoms with Crippen LogP contribution in [0.15, 0.2) is 29.2 Å². The van der Waals surface area contributed by atoms with Gasteiger partial charge in [0.05, 0.1) is 12.2 Å². The molecule has 4 heteroatoms. The van der Waals surface area contributed by atoms with Crippen LogP contribution in [0.1, 0.15) is 25.7 Å². The van der Waals surface area contributed by atoms with Gasteiger partial charge in [-0.05, 0) is 44.1 Å². The maximum atomic E-state index is 6.04. The predicted octanol–water partition coefficient (Wildman–Crippen LogP) is 3.09. The van der Waals surface area contributed by atoms with E-state index in [2.05, 4.69) is 17.6 Å². The average molecular weight is 293 g/mol. The van der Waals surface area contributed by atoms with Crippen LogP contribution in [0, 0.1) is 0 Å². The second-order valence-corrected chi connectivity index (χ2v) is 6.45. The summed E-state index contributed by atoms with van der Waals surface area (Å²) in [7, 11) is 0. The maximum absolute atomic E-state index is 6.04. The molecule has 0 aromatic heterocycles. The van der Waals surface area contributed by atoms with Gasteiger partial charge in [0.1, 0.15) is 12.4 Å². The third-order valence-corrected chi connectivity index (χ3v) is 4.68. The molecule has 1 N–H and O–H groups in total. The molecule has 0 radical (unpaired) electrons. The lowest BCUT2D eigenvalue weighted by atomic mass is 10.2. The molecule has 1 heterocycles. The molecule has 2 unspecified atom stereocenters. The largest absolute Gasteiger partial charge is 0.490 e. The summed E-state index contributed by atoms with van der Waals surface area (Å²) in [6.45, 7) is 1.67. The monoisotopic (exact) mass is 293 g/mol. The van der Waals surface area contributed by atoms with Gasteiger partial charge in [-0.2, -0.15) is 0 Å². The Hall–Kier alpha value is -0.710. The van der Waals surface area contributed by atoms with Crippen molar-refractivity contribution in [2.75, 3.05) is 19.4 Å². The van der Waals surface area contributed by atoms with E-state index in [0.717, 1.165) is 31.2 Å². The van der Waals surface area contributed by atoms with Crippen molar-refractivity contribution in [2.24, 2.45) is 0 Å². The SMILES string of the molecule is CSc1ccccc1OCC1CCC(CNC2CC2)O1. The summed E-state index contributed by atoms with van der Waals surface area (Å²) in [5, 5.41) is 3.54. The van der Waals surface area contributed by atoms with Gasteiger partial charge in [0.15, 0.2) is 0 Å². The van der Waals surface area contributed by atoms with E-state index in [-0.39, 0.29) is 6.10 Å². The van der Waals surface area contributed by atoms with E-state index >= 15 is 0 Å². The van der Waals surface area contributed by atoms with Crippen LogP contribution in [0.2, 0.25) is 0 Å². The van der Waals surface area contributed by atoms with Crippen molar-refractivity contribution >= 4 is 11.8 Å². The molecule has 3 nitrogen and oxygen atoms in total. The second kappa shape index (κ2) is 6.83. The summed E-state index contributed by atoms with van der Waals surface area (Å²) in [6.07, 6.45) is 7.63. The zero-order valence-electron chi connectivity index (χ0n) is 12.0. The number of hydrogen-bond acceptors (Lipinski definition) is 4. The van der Waals surface area contributed by atoms with Gasteiger partial charge in [-0.15, -0.1) is 11.8 Å². The third kappa shape index (κ3) is 3.90. The Balaban J connectivity index is 1.42. The first-order chi connectivity index (χ1) is 9.85.